The molecule has 4 aromatic rings. The van der Waals surface area contributed by atoms with Crippen LogP contribution in [0.5, 0.6) is 5.75 Å². The predicted molar refractivity (Wildman–Crippen MR) is 119 cm³/mol. The number of rotatable bonds is 7. The largest absolute Gasteiger partial charge is 0.497 e. The normalized spacial score (nSPS) is 11.1. The Morgan fingerprint density at radius 1 is 1.03 bits per heavy atom. The summed E-state index contributed by atoms with van der Waals surface area (Å²) in [7, 11) is 1.59. The zero-order valence-electron chi connectivity index (χ0n) is 16.8. The Balaban J connectivity index is 1.53. The molecule has 1 aromatic heterocycles. The van der Waals surface area contributed by atoms with Gasteiger partial charge >= 0.3 is 0 Å². The second kappa shape index (κ2) is 9.09. The van der Waals surface area contributed by atoms with Gasteiger partial charge in [0.1, 0.15) is 11.6 Å². The monoisotopic (exact) mass is 397 g/mol. The quantitative estimate of drug-likeness (QED) is 0.492. The van der Waals surface area contributed by atoms with E-state index in [-0.39, 0.29) is 5.91 Å². The van der Waals surface area contributed by atoms with Crippen molar-refractivity contribution >= 4 is 23.0 Å². The minimum atomic E-state index is -0.160. The van der Waals surface area contributed by atoms with Crippen LogP contribution in [0.4, 0.5) is 0 Å². The molecule has 0 aliphatic carbocycles. The number of carbonyl (C=O) groups is 1. The van der Waals surface area contributed by atoms with Crippen molar-refractivity contribution in [2.24, 2.45) is 0 Å². The van der Waals surface area contributed by atoms with Crippen LogP contribution in [-0.4, -0.2) is 22.6 Å². The van der Waals surface area contributed by atoms with E-state index in [1.165, 1.54) is 0 Å². The maximum Gasteiger partial charge on any atom is 0.251 e. The minimum absolute atomic E-state index is 0.160. The molecule has 5 heteroatoms. The van der Waals surface area contributed by atoms with Crippen LogP contribution in [0.3, 0.4) is 0 Å². The third kappa shape index (κ3) is 4.41. The number of aromatic nitrogens is 2. The molecule has 1 N–H and O–H groups in total. The van der Waals surface area contributed by atoms with E-state index in [1.807, 2.05) is 48.5 Å². The number of carbonyl (C=O) groups excluding carboxylic acids is 1. The first-order valence-electron chi connectivity index (χ1n) is 9.82. The molecule has 0 aliphatic heterocycles. The zero-order valence-corrected chi connectivity index (χ0v) is 16.8. The first-order chi connectivity index (χ1) is 14.7. The summed E-state index contributed by atoms with van der Waals surface area (Å²) in [6.45, 7) is 1.00. The van der Waals surface area contributed by atoms with Gasteiger partial charge in [-0.15, -0.1) is 0 Å². The summed E-state index contributed by atoms with van der Waals surface area (Å²) < 4.78 is 7.33. The van der Waals surface area contributed by atoms with Crippen LogP contribution >= 0.6 is 0 Å². The van der Waals surface area contributed by atoms with Crippen LogP contribution in [0.1, 0.15) is 21.7 Å². The van der Waals surface area contributed by atoms with Crippen LogP contribution in [0.15, 0.2) is 84.9 Å². The highest BCUT2D eigenvalue weighted by molar-refractivity contribution is 5.94. The molecule has 4 rings (SSSR count). The van der Waals surface area contributed by atoms with Gasteiger partial charge in [0, 0.05) is 12.1 Å². The van der Waals surface area contributed by atoms with E-state index in [4.69, 9.17) is 9.72 Å². The van der Waals surface area contributed by atoms with Crippen molar-refractivity contribution in [1.82, 2.24) is 14.9 Å². The number of methoxy groups -OCH3 is 1. The van der Waals surface area contributed by atoms with Gasteiger partial charge in [-0.05, 0) is 35.9 Å². The molecule has 0 bridgehead atoms. The summed E-state index contributed by atoms with van der Waals surface area (Å²) in [4.78, 5) is 17.3. The maximum atomic E-state index is 12.6. The second-order valence-electron chi connectivity index (χ2n) is 6.86. The molecule has 0 fully saturated rings. The molecule has 0 saturated carbocycles. The first-order valence-corrected chi connectivity index (χ1v) is 9.82. The number of para-hydroxylation sites is 2. The lowest BCUT2D eigenvalue weighted by molar-refractivity contribution is 0.0949. The van der Waals surface area contributed by atoms with Gasteiger partial charge in [-0.2, -0.15) is 0 Å². The maximum absolute atomic E-state index is 12.6. The molecule has 30 heavy (non-hydrogen) atoms. The Labute approximate surface area is 175 Å². The molecule has 0 atom stereocenters. The second-order valence-corrected chi connectivity index (χ2v) is 6.86. The molecular weight excluding hydrogens is 374 g/mol. The first kappa shape index (κ1) is 19.5. The summed E-state index contributed by atoms with van der Waals surface area (Å²) in [6, 6.07) is 25.3. The molecule has 0 spiro atoms. The Kier molecular flexibility index (Phi) is 5.90. The standard InChI is InChI=1S/C25H23N3O2/c1-30-21-13-7-12-20(17-21)25(29)26-18-24-27-22-14-5-6-15-23(22)28(24)16-8-11-19-9-3-2-4-10-19/h2-15,17H,16,18H2,1H3,(H,26,29)/b11-8+. The molecule has 5 nitrogen and oxygen atoms in total. The van der Waals surface area contributed by atoms with Crippen molar-refractivity contribution in [3.8, 4) is 5.75 Å². The fourth-order valence-corrected chi connectivity index (χ4v) is 3.35. The SMILES string of the molecule is COc1cccc(C(=O)NCc2nc3ccccc3n2C/C=C/c2ccccc2)c1. The summed E-state index contributed by atoms with van der Waals surface area (Å²) in [6.07, 6.45) is 4.20. The summed E-state index contributed by atoms with van der Waals surface area (Å²) in [5.74, 6) is 1.30. The Morgan fingerprint density at radius 3 is 2.67 bits per heavy atom. The van der Waals surface area contributed by atoms with Crippen molar-refractivity contribution in [1.29, 1.82) is 0 Å². The van der Waals surface area contributed by atoms with Crippen molar-refractivity contribution in [2.75, 3.05) is 7.11 Å². The molecule has 0 saturated heterocycles. The van der Waals surface area contributed by atoms with Crippen molar-refractivity contribution in [2.45, 2.75) is 13.1 Å². The number of benzene rings is 3. The Bertz CT molecular complexity index is 1180. The lowest BCUT2D eigenvalue weighted by Gasteiger charge is -2.09. The van der Waals surface area contributed by atoms with Crippen LogP contribution in [0.25, 0.3) is 17.1 Å². The molecule has 150 valence electrons. The van der Waals surface area contributed by atoms with Crippen molar-refractivity contribution < 1.29 is 9.53 Å². The molecule has 1 amide bonds. The van der Waals surface area contributed by atoms with Crippen LogP contribution in [0.2, 0.25) is 0 Å². The van der Waals surface area contributed by atoms with E-state index in [0.717, 1.165) is 22.4 Å². The van der Waals surface area contributed by atoms with E-state index in [0.29, 0.717) is 24.4 Å². The van der Waals surface area contributed by atoms with Gasteiger partial charge in [0.25, 0.3) is 5.91 Å². The summed E-state index contributed by atoms with van der Waals surface area (Å²) >= 11 is 0. The van der Waals surface area contributed by atoms with E-state index in [1.54, 1.807) is 25.3 Å². The van der Waals surface area contributed by atoms with Crippen LogP contribution < -0.4 is 10.1 Å². The number of nitrogens with one attached hydrogen (secondary N) is 1. The van der Waals surface area contributed by atoms with E-state index in [9.17, 15) is 4.79 Å². The summed E-state index contributed by atoms with van der Waals surface area (Å²) in [5, 5.41) is 2.97. The van der Waals surface area contributed by atoms with Gasteiger partial charge in [-0.1, -0.05) is 60.7 Å². The lowest BCUT2D eigenvalue weighted by Crippen LogP contribution is -2.24. The van der Waals surface area contributed by atoms with E-state index < -0.39 is 0 Å². The number of ether oxygens (including phenoxy) is 1. The molecule has 0 aliphatic rings. The molecular formula is C25H23N3O2. The van der Waals surface area contributed by atoms with E-state index >= 15 is 0 Å². The smallest absolute Gasteiger partial charge is 0.251 e. The molecule has 0 unspecified atom stereocenters. The summed E-state index contributed by atoms with van der Waals surface area (Å²) in [5.41, 5.74) is 3.66. The van der Waals surface area contributed by atoms with Crippen LogP contribution in [-0.2, 0) is 13.1 Å². The molecule has 1 heterocycles. The van der Waals surface area contributed by atoms with Gasteiger partial charge < -0.3 is 14.6 Å². The van der Waals surface area contributed by atoms with Crippen LogP contribution in [0, 0.1) is 0 Å². The van der Waals surface area contributed by atoms with Gasteiger partial charge in [-0.3, -0.25) is 4.79 Å². The molecule has 0 radical (unpaired) electrons. The highest BCUT2D eigenvalue weighted by Gasteiger charge is 2.12. The van der Waals surface area contributed by atoms with Gasteiger partial charge in [-0.25, -0.2) is 4.98 Å². The van der Waals surface area contributed by atoms with Gasteiger partial charge in [0.05, 0.1) is 24.7 Å². The number of hydrogen-bond acceptors (Lipinski definition) is 3. The zero-order chi connectivity index (χ0) is 20.8. The number of fused-ring (bicyclic) bond motifs is 1. The number of nitrogens with zero attached hydrogens (tertiary/aromatic N) is 2. The van der Waals surface area contributed by atoms with Crippen molar-refractivity contribution in [3.05, 3.63) is 102 Å². The highest BCUT2D eigenvalue weighted by atomic mass is 16.5. The Morgan fingerprint density at radius 2 is 1.83 bits per heavy atom. The predicted octanol–water partition coefficient (Wildman–Crippen LogP) is 4.69. The fourth-order valence-electron chi connectivity index (χ4n) is 3.35. The minimum Gasteiger partial charge on any atom is -0.497 e. The Hall–Kier alpha value is -3.86. The number of imidazole rings is 1. The van der Waals surface area contributed by atoms with Crippen molar-refractivity contribution in [3.63, 3.8) is 0 Å². The number of hydrogen-bond donors (Lipinski definition) is 1. The average Bonchev–Trinajstić information content (AvgIpc) is 3.16. The van der Waals surface area contributed by atoms with Gasteiger partial charge in [0.2, 0.25) is 0 Å². The average molecular weight is 397 g/mol. The van der Waals surface area contributed by atoms with Gasteiger partial charge in [0.15, 0.2) is 0 Å². The lowest BCUT2D eigenvalue weighted by atomic mass is 10.2. The topological polar surface area (TPSA) is 56.1 Å². The highest BCUT2D eigenvalue weighted by Crippen LogP contribution is 2.17. The fraction of sp³-hybridized carbons (Fsp3) is 0.120. The third-order valence-corrected chi connectivity index (χ3v) is 4.87. The van der Waals surface area contributed by atoms with E-state index in [2.05, 4.69) is 34.2 Å². The number of allylic oxidation sites excluding steroid dienone is 1. The number of amides is 1. The molecule has 3 aromatic carbocycles. The third-order valence-electron chi connectivity index (χ3n) is 4.87.